The first-order valence-corrected chi connectivity index (χ1v) is 7.81. The molecular weight excluding hydrogens is 320 g/mol. The van der Waals surface area contributed by atoms with E-state index in [4.69, 9.17) is 4.74 Å². The summed E-state index contributed by atoms with van der Waals surface area (Å²) in [6.45, 7) is 7.30. The number of rotatable bonds is 6. The zero-order chi connectivity index (χ0) is 18.0. The summed E-state index contributed by atoms with van der Waals surface area (Å²) in [4.78, 5) is 35.6. The van der Waals surface area contributed by atoms with Crippen molar-refractivity contribution >= 4 is 34.3 Å². The van der Waals surface area contributed by atoms with Crippen molar-refractivity contribution in [2.75, 3.05) is 12.4 Å². The third-order valence-electron chi connectivity index (χ3n) is 3.96. The van der Waals surface area contributed by atoms with Gasteiger partial charge in [-0.3, -0.25) is 9.79 Å². The minimum atomic E-state index is -0.510. The second kappa shape index (κ2) is 6.72. The Morgan fingerprint density at radius 3 is 2.80 bits per heavy atom. The standard InChI is InChI=1S/C18H18N4O3/c1-4-13(19-5-2)14-8-11-12(18(24)25-3)9-20-16(15(11)21-14)22-17(23)10-6-7-10/h4-5,8-10,21H,1-2,6-7H2,3H3,(H,20,22,23). The summed E-state index contributed by atoms with van der Waals surface area (Å²) in [6, 6.07) is 1.75. The number of carbonyl (C=O) groups excluding carboxylic acids is 2. The third kappa shape index (κ3) is 3.21. The first kappa shape index (κ1) is 16.6. The highest BCUT2D eigenvalue weighted by Crippen LogP contribution is 2.32. The van der Waals surface area contributed by atoms with E-state index in [-0.39, 0.29) is 11.8 Å². The van der Waals surface area contributed by atoms with Crippen molar-refractivity contribution < 1.29 is 14.3 Å². The minimum absolute atomic E-state index is 0.0395. The predicted molar refractivity (Wildman–Crippen MR) is 95.7 cm³/mol. The van der Waals surface area contributed by atoms with Gasteiger partial charge >= 0.3 is 5.97 Å². The number of methoxy groups -OCH3 is 1. The average molecular weight is 338 g/mol. The number of aliphatic imine (C=N–C) groups is 1. The van der Waals surface area contributed by atoms with Gasteiger partial charge in [0.2, 0.25) is 5.91 Å². The van der Waals surface area contributed by atoms with Crippen LogP contribution in [-0.2, 0) is 9.53 Å². The first-order valence-electron chi connectivity index (χ1n) is 7.81. The summed E-state index contributed by atoms with van der Waals surface area (Å²) in [5.41, 5.74) is 2.02. The Kier molecular flexibility index (Phi) is 4.47. The van der Waals surface area contributed by atoms with Gasteiger partial charge in [0.05, 0.1) is 29.6 Å². The Bertz CT molecular complexity index is 906. The van der Waals surface area contributed by atoms with Crippen molar-refractivity contribution in [1.82, 2.24) is 9.97 Å². The van der Waals surface area contributed by atoms with Crippen LogP contribution in [0.1, 0.15) is 28.9 Å². The number of fused-ring (bicyclic) bond motifs is 1. The maximum Gasteiger partial charge on any atom is 0.340 e. The summed E-state index contributed by atoms with van der Waals surface area (Å²) >= 11 is 0. The predicted octanol–water partition coefficient (Wildman–Crippen LogP) is 2.82. The number of amides is 1. The van der Waals surface area contributed by atoms with Crippen molar-refractivity contribution in [3.63, 3.8) is 0 Å². The molecule has 1 aliphatic rings. The molecule has 0 spiro atoms. The van der Waals surface area contributed by atoms with Gasteiger partial charge in [-0.15, -0.1) is 0 Å². The largest absolute Gasteiger partial charge is 0.465 e. The second-order valence-corrected chi connectivity index (χ2v) is 5.65. The Hall–Kier alpha value is -3.22. The zero-order valence-corrected chi connectivity index (χ0v) is 13.8. The number of hydrogen-bond donors (Lipinski definition) is 2. The fraction of sp³-hybridized carbons (Fsp3) is 0.222. The van der Waals surface area contributed by atoms with Crippen molar-refractivity contribution in [3.8, 4) is 0 Å². The van der Waals surface area contributed by atoms with Gasteiger partial charge in [0.15, 0.2) is 5.82 Å². The number of aromatic nitrogens is 2. The number of anilines is 1. The van der Waals surface area contributed by atoms with Crippen molar-refractivity contribution in [2.45, 2.75) is 12.8 Å². The molecule has 128 valence electrons. The zero-order valence-electron chi connectivity index (χ0n) is 13.8. The Labute approximate surface area is 144 Å². The van der Waals surface area contributed by atoms with Gasteiger partial charge in [-0.05, 0) is 25.0 Å². The molecule has 2 heterocycles. The molecule has 2 aromatic rings. The monoisotopic (exact) mass is 338 g/mol. The number of allylic oxidation sites excluding steroid dienone is 1. The van der Waals surface area contributed by atoms with E-state index in [0.717, 1.165) is 12.8 Å². The minimum Gasteiger partial charge on any atom is -0.465 e. The SMILES string of the molecule is C=CN=C(C=C)c1cc2c(C(=O)OC)cnc(NC(=O)C3CC3)c2[nH]1. The molecule has 2 N–H and O–H groups in total. The molecule has 7 nitrogen and oxygen atoms in total. The van der Waals surface area contributed by atoms with Gasteiger partial charge in [0, 0.05) is 23.7 Å². The van der Waals surface area contributed by atoms with Crippen LogP contribution in [0.15, 0.2) is 42.7 Å². The Morgan fingerprint density at radius 1 is 1.44 bits per heavy atom. The van der Waals surface area contributed by atoms with Crippen molar-refractivity contribution in [1.29, 1.82) is 0 Å². The number of esters is 1. The molecule has 2 aromatic heterocycles. The van der Waals surface area contributed by atoms with E-state index in [9.17, 15) is 9.59 Å². The molecule has 0 saturated heterocycles. The van der Waals surface area contributed by atoms with Crippen LogP contribution in [-0.4, -0.2) is 34.7 Å². The van der Waals surface area contributed by atoms with Crippen LogP contribution in [0.3, 0.4) is 0 Å². The van der Waals surface area contributed by atoms with Gasteiger partial charge in [-0.1, -0.05) is 13.2 Å². The lowest BCUT2D eigenvalue weighted by Crippen LogP contribution is -2.15. The summed E-state index contributed by atoms with van der Waals surface area (Å²) in [5, 5.41) is 3.40. The molecule has 25 heavy (non-hydrogen) atoms. The van der Waals surface area contributed by atoms with Crippen molar-refractivity contribution in [3.05, 3.63) is 49.0 Å². The smallest absolute Gasteiger partial charge is 0.340 e. The van der Waals surface area contributed by atoms with E-state index >= 15 is 0 Å². The molecule has 7 heteroatoms. The van der Waals surface area contributed by atoms with Crippen molar-refractivity contribution in [2.24, 2.45) is 10.9 Å². The molecule has 0 unspecified atom stereocenters. The molecule has 0 bridgehead atoms. The quantitative estimate of drug-likeness (QED) is 0.625. The first-order chi connectivity index (χ1) is 12.1. The highest BCUT2D eigenvalue weighted by atomic mass is 16.5. The molecular formula is C18H18N4O3. The summed E-state index contributed by atoms with van der Waals surface area (Å²) < 4.78 is 4.81. The third-order valence-corrected chi connectivity index (χ3v) is 3.96. The van der Waals surface area contributed by atoms with E-state index in [0.29, 0.717) is 33.7 Å². The van der Waals surface area contributed by atoms with E-state index in [1.54, 1.807) is 12.1 Å². The van der Waals surface area contributed by atoms with Crippen LogP contribution in [0.2, 0.25) is 0 Å². The molecule has 1 aliphatic carbocycles. The fourth-order valence-electron chi connectivity index (χ4n) is 2.52. The number of hydrogen-bond acceptors (Lipinski definition) is 5. The van der Waals surface area contributed by atoms with Crippen LogP contribution < -0.4 is 5.32 Å². The fourth-order valence-corrected chi connectivity index (χ4v) is 2.52. The van der Waals surface area contributed by atoms with E-state index < -0.39 is 5.97 Å². The highest BCUT2D eigenvalue weighted by Gasteiger charge is 2.30. The summed E-state index contributed by atoms with van der Waals surface area (Å²) in [7, 11) is 1.30. The van der Waals surface area contributed by atoms with Crippen LogP contribution in [0.5, 0.6) is 0 Å². The normalized spacial score (nSPS) is 14.2. The molecule has 3 rings (SSSR count). The number of nitrogens with zero attached hydrogens (tertiary/aromatic N) is 2. The number of pyridine rings is 1. The number of H-pyrrole nitrogens is 1. The van der Waals surface area contributed by atoms with E-state index in [2.05, 4.69) is 33.4 Å². The molecule has 0 aromatic carbocycles. The topological polar surface area (TPSA) is 96.4 Å². The number of nitrogens with one attached hydrogen (secondary N) is 2. The van der Waals surface area contributed by atoms with Crippen LogP contribution >= 0.6 is 0 Å². The van der Waals surface area contributed by atoms with E-state index in [1.807, 2.05) is 0 Å². The van der Waals surface area contributed by atoms with Crippen LogP contribution in [0, 0.1) is 5.92 Å². The molecule has 0 radical (unpaired) electrons. The van der Waals surface area contributed by atoms with E-state index in [1.165, 1.54) is 19.5 Å². The van der Waals surface area contributed by atoms with Gasteiger partial charge in [0.25, 0.3) is 0 Å². The average Bonchev–Trinajstić information content (AvgIpc) is 3.38. The highest BCUT2D eigenvalue weighted by molar-refractivity contribution is 6.14. The molecule has 1 saturated carbocycles. The molecule has 0 aliphatic heterocycles. The van der Waals surface area contributed by atoms with Gasteiger partial charge < -0.3 is 15.0 Å². The summed E-state index contributed by atoms with van der Waals surface area (Å²) in [5.74, 6) is -0.172. The second-order valence-electron chi connectivity index (χ2n) is 5.65. The van der Waals surface area contributed by atoms with Crippen LogP contribution in [0.4, 0.5) is 5.82 Å². The van der Waals surface area contributed by atoms with Gasteiger partial charge in [-0.25, -0.2) is 9.78 Å². The lowest BCUT2D eigenvalue weighted by atomic mass is 10.1. The Balaban J connectivity index is 2.14. The lowest BCUT2D eigenvalue weighted by molar-refractivity contribution is -0.117. The number of carbonyl (C=O) groups is 2. The van der Waals surface area contributed by atoms with Crippen LogP contribution in [0.25, 0.3) is 10.9 Å². The lowest BCUT2D eigenvalue weighted by Gasteiger charge is -2.07. The molecule has 1 amide bonds. The van der Waals surface area contributed by atoms with Gasteiger partial charge in [-0.2, -0.15) is 0 Å². The number of ether oxygens (including phenoxy) is 1. The molecule has 1 fully saturated rings. The molecule has 0 atom stereocenters. The summed E-state index contributed by atoms with van der Waals surface area (Å²) in [6.07, 6.45) is 6.14. The maximum atomic E-state index is 12.1. The Morgan fingerprint density at radius 2 is 2.20 bits per heavy atom. The maximum absolute atomic E-state index is 12.1. The number of aromatic amines is 1. The van der Waals surface area contributed by atoms with Gasteiger partial charge in [0.1, 0.15) is 0 Å².